The Labute approximate surface area is 134 Å². The summed E-state index contributed by atoms with van der Waals surface area (Å²) < 4.78 is 5.60. The van der Waals surface area contributed by atoms with E-state index >= 15 is 0 Å². The molecule has 1 aromatic carbocycles. The molecule has 0 radical (unpaired) electrons. The Morgan fingerprint density at radius 2 is 2.32 bits per heavy atom. The Hall–Kier alpha value is -2.21. The molecule has 118 valence electrons. The van der Waals surface area contributed by atoms with E-state index in [1.807, 2.05) is 13.8 Å². The standard InChI is InChI=1S/C15H19ClN4O2/c1-3-6-22-14-5-4-12(16)7-13(14)20-15(21)19-10(2)11-8-17-18-9-11/h4-5,7-10H,3,6H2,1-2H3,(H,17,18)(H2,19,20,21)/t10-/m1/s1. The number of nitrogens with one attached hydrogen (secondary N) is 3. The van der Waals surface area contributed by atoms with Gasteiger partial charge in [0, 0.05) is 16.8 Å². The Morgan fingerprint density at radius 1 is 1.50 bits per heavy atom. The number of nitrogens with zero attached hydrogens (tertiary/aromatic N) is 1. The van der Waals surface area contributed by atoms with Gasteiger partial charge in [0.1, 0.15) is 5.75 Å². The van der Waals surface area contributed by atoms with E-state index in [4.69, 9.17) is 16.3 Å². The predicted octanol–water partition coefficient (Wildman–Crippen LogP) is 3.73. The molecule has 6 nitrogen and oxygen atoms in total. The third kappa shape index (κ3) is 4.39. The lowest BCUT2D eigenvalue weighted by Crippen LogP contribution is -2.31. The highest BCUT2D eigenvalue weighted by atomic mass is 35.5. The fourth-order valence-electron chi connectivity index (χ4n) is 1.87. The van der Waals surface area contributed by atoms with Gasteiger partial charge in [0.2, 0.25) is 0 Å². The minimum Gasteiger partial charge on any atom is -0.491 e. The molecule has 1 atom stereocenters. The molecule has 0 unspecified atom stereocenters. The van der Waals surface area contributed by atoms with Crippen LogP contribution >= 0.6 is 11.6 Å². The molecule has 1 heterocycles. The first-order chi connectivity index (χ1) is 10.6. The predicted molar refractivity (Wildman–Crippen MR) is 86.4 cm³/mol. The number of urea groups is 1. The second kappa shape index (κ2) is 7.70. The average Bonchev–Trinajstić information content (AvgIpc) is 3.00. The zero-order chi connectivity index (χ0) is 15.9. The van der Waals surface area contributed by atoms with Crippen molar-refractivity contribution in [2.75, 3.05) is 11.9 Å². The van der Waals surface area contributed by atoms with Gasteiger partial charge in [0.15, 0.2) is 0 Å². The minimum absolute atomic E-state index is 0.169. The summed E-state index contributed by atoms with van der Waals surface area (Å²) in [5.74, 6) is 0.595. The van der Waals surface area contributed by atoms with Crippen molar-refractivity contribution >= 4 is 23.3 Å². The van der Waals surface area contributed by atoms with Crippen LogP contribution in [-0.2, 0) is 0 Å². The molecule has 0 aliphatic carbocycles. The van der Waals surface area contributed by atoms with E-state index in [0.29, 0.717) is 23.1 Å². The summed E-state index contributed by atoms with van der Waals surface area (Å²) in [7, 11) is 0. The lowest BCUT2D eigenvalue weighted by atomic mass is 10.2. The van der Waals surface area contributed by atoms with Gasteiger partial charge in [-0.25, -0.2) is 4.79 Å². The van der Waals surface area contributed by atoms with Crippen LogP contribution in [0.4, 0.5) is 10.5 Å². The first-order valence-electron chi connectivity index (χ1n) is 7.08. The quantitative estimate of drug-likeness (QED) is 0.758. The Bertz CT molecular complexity index is 616. The molecule has 0 bridgehead atoms. The van der Waals surface area contributed by atoms with Gasteiger partial charge >= 0.3 is 6.03 Å². The van der Waals surface area contributed by atoms with Gasteiger partial charge in [0.25, 0.3) is 0 Å². The summed E-state index contributed by atoms with van der Waals surface area (Å²) in [6.07, 6.45) is 4.28. The van der Waals surface area contributed by atoms with Gasteiger partial charge in [-0.15, -0.1) is 0 Å². The van der Waals surface area contributed by atoms with E-state index in [-0.39, 0.29) is 12.1 Å². The molecule has 0 aliphatic heterocycles. The maximum Gasteiger partial charge on any atom is 0.319 e. The maximum absolute atomic E-state index is 12.1. The van der Waals surface area contributed by atoms with Crippen molar-refractivity contribution in [3.63, 3.8) is 0 Å². The van der Waals surface area contributed by atoms with Gasteiger partial charge in [-0.1, -0.05) is 18.5 Å². The zero-order valence-electron chi connectivity index (χ0n) is 12.5. The molecule has 2 aromatic rings. The van der Waals surface area contributed by atoms with Crippen LogP contribution in [0.5, 0.6) is 5.75 Å². The zero-order valence-corrected chi connectivity index (χ0v) is 13.3. The second-order valence-electron chi connectivity index (χ2n) is 4.84. The van der Waals surface area contributed by atoms with Crippen LogP contribution < -0.4 is 15.4 Å². The van der Waals surface area contributed by atoms with Crippen LogP contribution in [0.25, 0.3) is 0 Å². The molecule has 0 aliphatic rings. The number of benzene rings is 1. The molecule has 3 N–H and O–H groups in total. The van der Waals surface area contributed by atoms with Crippen molar-refractivity contribution in [3.8, 4) is 5.75 Å². The van der Waals surface area contributed by atoms with Gasteiger partial charge in [-0.2, -0.15) is 5.10 Å². The Balaban J connectivity index is 2.02. The summed E-state index contributed by atoms with van der Waals surface area (Å²) in [6, 6.07) is 4.63. The SMILES string of the molecule is CCCOc1ccc(Cl)cc1NC(=O)N[C@H](C)c1cn[nH]c1. The summed E-state index contributed by atoms with van der Waals surface area (Å²) >= 11 is 5.98. The molecule has 0 spiro atoms. The van der Waals surface area contributed by atoms with Crippen LogP contribution in [0.3, 0.4) is 0 Å². The van der Waals surface area contributed by atoms with Crippen molar-refractivity contribution < 1.29 is 9.53 Å². The molecule has 0 saturated carbocycles. The number of amides is 2. The largest absolute Gasteiger partial charge is 0.491 e. The van der Waals surface area contributed by atoms with Crippen molar-refractivity contribution in [2.45, 2.75) is 26.3 Å². The number of carbonyl (C=O) groups excluding carboxylic acids is 1. The average molecular weight is 323 g/mol. The molecule has 2 amide bonds. The number of aromatic nitrogens is 2. The van der Waals surface area contributed by atoms with Crippen molar-refractivity contribution in [2.24, 2.45) is 0 Å². The van der Waals surface area contributed by atoms with E-state index in [1.165, 1.54) is 0 Å². The minimum atomic E-state index is -0.336. The van der Waals surface area contributed by atoms with Crippen LogP contribution in [0, 0.1) is 0 Å². The molecule has 2 rings (SSSR count). The maximum atomic E-state index is 12.1. The second-order valence-corrected chi connectivity index (χ2v) is 5.28. The number of carbonyl (C=O) groups is 1. The van der Waals surface area contributed by atoms with Crippen LogP contribution in [-0.4, -0.2) is 22.8 Å². The molecule has 0 fully saturated rings. The third-order valence-electron chi connectivity index (χ3n) is 3.02. The number of hydrogen-bond acceptors (Lipinski definition) is 3. The molecule has 7 heteroatoms. The topological polar surface area (TPSA) is 79.0 Å². The smallest absolute Gasteiger partial charge is 0.319 e. The van der Waals surface area contributed by atoms with E-state index in [9.17, 15) is 4.79 Å². The fraction of sp³-hybridized carbons (Fsp3) is 0.333. The normalized spacial score (nSPS) is 11.8. The highest BCUT2D eigenvalue weighted by Crippen LogP contribution is 2.28. The molecule has 0 saturated heterocycles. The third-order valence-corrected chi connectivity index (χ3v) is 3.25. The Kier molecular flexibility index (Phi) is 5.66. The molecular weight excluding hydrogens is 304 g/mol. The molecule has 22 heavy (non-hydrogen) atoms. The number of aromatic amines is 1. The number of rotatable bonds is 6. The summed E-state index contributed by atoms with van der Waals surface area (Å²) in [5.41, 5.74) is 1.43. The van der Waals surface area contributed by atoms with Gasteiger partial charge in [-0.05, 0) is 31.5 Å². The summed E-state index contributed by atoms with van der Waals surface area (Å²) in [4.78, 5) is 12.1. The van der Waals surface area contributed by atoms with Crippen molar-refractivity contribution in [1.29, 1.82) is 0 Å². The Morgan fingerprint density at radius 3 is 3.00 bits per heavy atom. The van der Waals surface area contributed by atoms with Gasteiger partial charge in [-0.3, -0.25) is 5.10 Å². The fourth-order valence-corrected chi connectivity index (χ4v) is 2.05. The summed E-state index contributed by atoms with van der Waals surface area (Å²) in [6.45, 7) is 4.46. The highest BCUT2D eigenvalue weighted by Gasteiger charge is 2.13. The number of H-pyrrole nitrogens is 1. The first kappa shape index (κ1) is 16.2. The lowest BCUT2D eigenvalue weighted by molar-refractivity contribution is 0.249. The highest BCUT2D eigenvalue weighted by molar-refractivity contribution is 6.31. The van der Waals surface area contributed by atoms with E-state index in [0.717, 1.165) is 12.0 Å². The monoisotopic (exact) mass is 322 g/mol. The van der Waals surface area contributed by atoms with Crippen LogP contribution in [0.1, 0.15) is 31.9 Å². The van der Waals surface area contributed by atoms with Crippen molar-refractivity contribution in [3.05, 3.63) is 41.2 Å². The summed E-state index contributed by atoms with van der Waals surface area (Å²) in [5, 5.41) is 12.7. The lowest BCUT2D eigenvalue weighted by Gasteiger charge is -2.15. The number of hydrogen-bond donors (Lipinski definition) is 3. The van der Waals surface area contributed by atoms with Gasteiger partial charge < -0.3 is 15.4 Å². The van der Waals surface area contributed by atoms with Crippen LogP contribution in [0.15, 0.2) is 30.6 Å². The number of halogens is 1. The van der Waals surface area contributed by atoms with E-state index in [2.05, 4.69) is 20.8 Å². The van der Waals surface area contributed by atoms with E-state index < -0.39 is 0 Å². The van der Waals surface area contributed by atoms with Crippen molar-refractivity contribution in [1.82, 2.24) is 15.5 Å². The molecular formula is C15H19ClN4O2. The van der Waals surface area contributed by atoms with Gasteiger partial charge in [0.05, 0.1) is 24.5 Å². The number of anilines is 1. The van der Waals surface area contributed by atoms with Crippen LogP contribution in [0.2, 0.25) is 5.02 Å². The van der Waals surface area contributed by atoms with E-state index in [1.54, 1.807) is 30.6 Å². The molecule has 1 aromatic heterocycles. The first-order valence-corrected chi connectivity index (χ1v) is 7.46. The number of ether oxygens (including phenoxy) is 1.